The first-order valence-corrected chi connectivity index (χ1v) is 12.0. The number of ketones is 2. The number of hydrogen-bond donors (Lipinski definition) is 2. The standard InChI is InChI=1S/C26H24ClN3O7/c1-5-20-29-30-25(36-20)13-6-7-16(31)15(9-13)28-14-8-12(2)26(19(32)10-14)24(33)21-17(34-3)11-18(35-4)22(27)23(21)37-26/h6-7,9-12,28,31H,5,8H2,1-4H3. The van der Waals surface area contributed by atoms with Gasteiger partial charge in [-0.2, -0.15) is 0 Å². The molecule has 1 aliphatic carbocycles. The van der Waals surface area contributed by atoms with Gasteiger partial charge in [0.2, 0.25) is 28.9 Å². The van der Waals surface area contributed by atoms with E-state index < -0.39 is 23.1 Å². The number of carbonyl (C=O) groups is 2. The average Bonchev–Trinajstić information content (AvgIpc) is 3.49. The fourth-order valence-electron chi connectivity index (χ4n) is 4.67. The predicted molar refractivity (Wildman–Crippen MR) is 134 cm³/mol. The highest BCUT2D eigenvalue weighted by Gasteiger charge is 2.60. The molecule has 0 saturated carbocycles. The number of carbonyl (C=O) groups excluding carboxylic acids is 2. The monoisotopic (exact) mass is 525 g/mol. The molecule has 2 heterocycles. The molecular weight excluding hydrogens is 502 g/mol. The molecule has 1 spiro atoms. The Morgan fingerprint density at radius 3 is 2.59 bits per heavy atom. The second-order valence-electron chi connectivity index (χ2n) is 8.82. The van der Waals surface area contributed by atoms with Crippen molar-refractivity contribution in [3.63, 3.8) is 0 Å². The number of anilines is 1. The van der Waals surface area contributed by atoms with Gasteiger partial charge in [-0.05, 0) is 24.6 Å². The van der Waals surface area contributed by atoms with Crippen LogP contribution in [0.25, 0.3) is 11.5 Å². The van der Waals surface area contributed by atoms with Crippen molar-refractivity contribution in [2.75, 3.05) is 19.5 Å². The number of allylic oxidation sites excluding steroid dienone is 1. The largest absolute Gasteiger partial charge is 0.506 e. The molecule has 3 aromatic rings. The van der Waals surface area contributed by atoms with Crippen molar-refractivity contribution < 1.29 is 33.3 Å². The average molecular weight is 526 g/mol. The van der Waals surface area contributed by atoms with Crippen LogP contribution < -0.4 is 19.5 Å². The van der Waals surface area contributed by atoms with E-state index in [-0.39, 0.29) is 40.0 Å². The molecule has 2 aliphatic rings. The normalized spacial score (nSPS) is 20.5. The zero-order chi connectivity index (χ0) is 26.5. The lowest BCUT2D eigenvalue weighted by Gasteiger charge is -2.35. The molecule has 0 radical (unpaired) electrons. The highest BCUT2D eigenvalue weighted by molar-refractivity contribution is 6.36. The van der Waals surface area contributed by atoms with Crippen LogP contribution in [0.4, 0.5) is 5.69 Å². The van der Waals surface area contributed by atoms with Crippen LogP contribution in [0.3, 0.4) is 0 Å². The molecule has 1 aromatic heterocycles. The first-order valence-electron chi connectivity index (χ1n) is 11.6. The number of aromatic hydroxyl groups is 1. The summed E-state index contributed by atoms with van der Waals surface area (Å²) in [5, 5.41) is 21.6. The van der Waals surface area contributed by atoms with Gasteiger partial charge in [-0.1, -0.05) is 25.4 Å². The number of hydrogen-bond acceptors (Lipinski definition) is 10. The van der Waals surface area contributed by atoms with Gasteiger partial charge in [0.25, 0.3) is 0 Å². The number of halogens is 1. The molecule has 2 unspecified atom stereocenters. The van der Waals surface area contributed by atoms with Crippen LogP contribution >= 0.6 is 11.6 Å². The number of benzene rings is 2. The lowest BCUT2D eigenvalue weighted by Crippen LogP contribution is -2.55. The van der Waals surface area contributed by atoms with E-state index in [0.717, 1.165) is 0 Å². The summed E-state index contributed by atoms with van der Waals surface area (Å²) in [5.41, 5.74) is -0.248. The summed E-state index contributed by atoms with van der Waals surface area (Å²) in [6.07, 6.45) is 2.18. The Kier molecular flexibility index (Phi) is 6.07. The van der Waals surface area contributed by atoms with Crippen LogP contribution in [-0.4, -0.2) is 46.7 Å². The number of rotatable bonds is 6. The highest BCUT2D eigenvalue weighted by Crippen LogP contribution is 2.53. The van der Waals surface area contributed by atoms with Crippen LogP contribution in [0.2, 0.25) is 5.02 Å². The zero-order valence-corrected chi connectivity index (χ0v) is 21.3. The van der Waals surface area contributed by atoms with Gasteiger partial charge < -0.3 is 29.1 Å². The van der Waals surface area contributed by atoms with Gasteiger partial charge in [-0.3, -0.25) is 9.59 Å². The molecule has 10 nitrogen and oxygen atoms in total. The number of Topliss-reactive ketones (excluding diaryl/α,β-unsaturated/α-hetero) is 1. The number of nitrogens with zero attached hydrogens (tertiary/aromatic N) is 2. The van der Waals surface area contributed by atoms with E-state index in [1.165, 1.54) is 32.4 Å². The first kappa shape index (κ1) is 24.6. The van der Waals surface area contributed by atoms with E-state index in [9.17, 15) is 14.7 Å². The van der Waals surface area contributed by atoms with E-state index in [1.54, 1.807) is 19.1 Å². The van der Waals surface area contributed by atoms with Crippen molar-refractivity contribution in [1.82, 2.24) is 10.2 Å². The first-order chi connectivity index (χ1) is 17.7. The topological polar surface area (TPSA) is 133 Å². The summed E-state index contributed by atoms with van der Waals surface area (Å²) >= 11 is 6.43. The second kappa shape index (κ2) is 9.11. The smallest absolute Gasteiger partial charge is 0.247 e. The molecule has 2 aromatic carbocycles. The summed E-state index contributed by atoms with van der Waals surface area (Å²) in [6.45, 7) is 3.65. The lowest BCUT2D eigenvalue weighted by atomic mass is 9.74. The minimum absolute atomic E-state index is 0.0375. The number of phenols is 1. The van der Waals surface area contributed by atoms with Crippen LogP contribution in [-0.2, 0) is 11.2 Å². The maximum Gasteiger partial charge on any atom is 0.247 e. The summed E-state index contributed by atoms with van der Waals surface area (Å²) < 4.78 is 22.3. The minimum Gasteiger partial charge on any atom is -0.506 e. The SMILES string of the molecule is CCc1nnc(-c2ccc(O)c(NC3=CC(=O)C4(Oc5c(Cl)c(OC)cc(OC)c5C4=O)C(C)C3)c2)o1. The number of fused-ring (bicyclic) bond motifs is 1. The zero-order valence-electron chi connectivity index (χ0n) is 20.5. The number of ether oxygens (including phenoxy) is 3. The summed E-state index contributed by atoms with van der Waals surface area (Å²) in [5.74, 6) is -0.351. The second-order valence-corrected chi connectivity index (χ2v) is 9.19. The van der Waals surface area contributed by atoms with Gasteiger partial charge in [0, 0.05) is 35.7 Å². The molecule has 2 atom stereocenters. The number of aryl methyl sites for hydroxylation is 1. The molecule has 0 fully saturated rings. The number of aromatic nitrogens is 2. The number of methoxy groups -OCH3 is 2. The van der Waals surface area contributed by atoms with Gasteiger partial charge in [-0.15, -0.1) is 10.2 Å². The Hall–Kier alpha value is -4.05. The van der Waals surface area contributed by atoms with E-state index in [1.807, 2.05) is 6.92 Å². The third kappa shape index (κ3) is 3.79. The molecule has 192 valence electrons. The lowest BCUT2D eigenvalue weighted by molar-refractivity contribution is -0.129. The minimum atomic E-state index is -1.79. The molecular formula is C26H24ClN3O7. The molecule has 0 amide bonds. The highest BCUT2D eigenvalue weighted by atomic mass is 35.5. The van der Waals surface area contributed by atoms with Gasteiger partial charge in [0.05, 0.1) is 19.9 Å². The molecule has 11 heteroatoms. The Balaban J connectivity index is 1.47. The summed E-state index contributed by atoms with van der Waals surface area (Å²) in [7, 11) is 2.84. The third-order valence-corrected chi connectivity index (χ3v) is 6.98. The molecule has 2 N–H and O–H groups in total. The molecule has 5 rings (SSSR count). The van der Waals surface area contributed by atoms with Crippen LogP contribution in [0.5, 0.6) is 23.0 Å². The maximum absolute atomic E-state index is 13.6. The van der Waals surface area contributed by atoms with E-state index in [4.69, 9.17) is 30.2 Å². The molecule has 0 saturated heterocycles. The van der Waals surface area contributed by atoms with Crippen molar-refractivity contribution in [3.05, 3.63) is 52.5 Å². The van der Waals surface area contributed by atoms with Crippen molar-refractivity contribution in [3.8, 4) is 34.5 Å². The van der Waals surface area contributed by atoms with Crippen LogP contribution in [0, 0.1) is 5.92 Å². The van der Waals surface area contributed by atoms with Gasteiger partial charge in [-0.25, -0.2) is 0 Å². The van der Waals surface area contributed by atoms with E-state index in [2.05, 4.69) is 15.5 Å². The summed E-state index contributed by atoms with van der Waals surface area (Å²) in [6, 6.07) is 6.28. The van der Waals surface area contributed by atoms with Crippen molar-refractivity contribution in [2.45, 2.75) is 32.3 Å². The Labute approximate surface area is 217 Å². The summed E-state index contributed by atoms with van der Waals surface area (Å²) in [4.78, 5) is 27.1. The van der Waals surface area contributed by atoms with Crippen molar-refractivity contribution in [2.24, 2.45) is 5.92 Å². The van der Waals surface area contributed by atoms with Gasteiger partial charge in [0.15, 0.2) is 5.75 Å². The quantitative estimate of drug-likeness (QED) is 0.347. The van der Waals surface area contributed by atoms with E-state index >= 15 is 0 Å². The van der Waals surface area contributed by atoms with Crippen molar-refractivity contribution in [1.29, 1.82) is 0 Å². The predicted octanol–water partition coefficient (Wildman–Crippen LogP) is 4.59. The van der Waals surface area contributed by atoms with Gasteiger partial charge in [0.1, 0.15) is 27.8 Å². The maximum atomic E-state index is 13.6. The Morgan fingerprint density at radius 1 is 1.19 bits per heavy atom. The molecule has 37 heavy (non-hydrogen) atoms. The van der Waals surface area contributed by atoms with Crippen LogP contribution in [0.1, 0.15) is 36.5 Å². The Bertz CT molecular complexity index is 1460. The number of phenolic OH excluding ortho intramolecular Hbond substituents is 1. The van der Waals surface area contributed by atoms with Gasteiger partial charge >= 0.3 is 0 Å². The molecule has 1 aliphatic heterocycles. The van der Waals surface area contributed by atoms with Crippen molar-refractivity contribution >= 4 is 28.9 Å². The third-order valence-electron chi connectivity index (χ3n) is 6.62. The van der Waals surface area contributed by atoms with E-state index in [0.29, 0.717) is 35.2 Å². The molecule has 0 bridgehead atoms. The Morgan fingerprint density at radius 2 is 1.95 bits per heavy atom. The fraction of sp³-hybridized carbons (Fsp3) is 0.308. The fourth-order valence-corrected chi connectivity index (χ4v) is 4.94. The number of nitrogens with one attached hydrogen (secondary N) is 1. The van der Waals surface area contributed by atoms with Crippen LogP contribution in [0.15, 0.2) is 40.5 Å².